The number of phenols is 1. The third-order valence-electron chi connectivity index (χ3n) is 5.09. The number of aromatic hydroxyl groups is 1. The van der Waals surface area contributed by atoms with Gasteiger partial charge in [-0.05, 0) is 47.9 Å². The van der Waals surface area contributed by atoms with Crippen LogP contribution in [0.3, 0.4) is 0 Å². The lowest BCUT2D eigenvalue weighted by Gasteiger charge is -2.13. The number of nitrogens with two attached hydrogens (primary N) is 1. The normalized spacial score (nSPS) is 10.6. The van der Waals surface area contributed by atoms with Crippen molar-refractivity contribution < 1.29 is 14.6 Å². The topological polar surface area (TPSA) is 90.5 Å². The minimum atomic E-state index is 0.0511. The number of methoxy groups -OCH3 is 1. The monoisotopic (exact) mass is 413 g/mol. The first-order valence-corrected chi connectivity index (χ1v) is 9.83. The van der Waals surface area contributed by atoms with E-state index in [0.29, 0.717) is 23.6 Å². The average Bonchev–Trinajstić information content (AvgIpc) is 2.79. The molecule has 0 bridgehead atoms. The molecule has 3 aromatic carbocycles. The molecule has 1 heterocycles. The quantitative estimate of drug-likeness (QED) is 0.463. The van der Waals surface area contributed by atoms with Crippen molar-refractivity contribution >= 4 is 5.95 Å². The minimum absolute atomic E-state index is 0.0511. The number of ether oxygens (including phenoxy) is 2. The number of aromatic nitrogens is 2. The second-order valence-electron chi connectivity index (χ2n) is 7.11. The number of anilines is 1. The van der Waals surface area contributed by atoms with E-state index < -0.39 is 0 Å². The molecule has 4 aromatic rings. The summed E-state index contributed by atoms with van der Waals surface area (Å²) in [6, 6.07) is 20.7. The van der Waals surface area contributed by atoms with Gasteiger partial charge in [0.2, 0.25) is 5.95 Å². The van der Waals surface area contributed by atoms with E-state index in [0.717, 1.165) is 28.0 Å². The fourth-order valence-electron chi connectivity index (χ4n) is 3.32. The molecule has 6 heteroatoms. The van der Waals surface area contributed by atoms with Gasteiger partial charge in [-0.2, -0.15) is 0 Å². The molecule has 0 saturated heterocycles. The maximum atomic E-state index is 10.7. The first-order valence-electron chi connectivity index (χ1n) is 9.83. The molecule has 0 amide bonds. The maximum absolute atomic E-state index is 10.7. The van der Waals surface area contributed by atoms with Crippen molar-refractivity contribution in [3.8, 4) is 39.6 Å². The van der Waals surface area contributed by atoms with E-state index >= 15 is 0 Å². The number of hydrogen-bond donors (Lipinski definition) is 2. The fraction of sp³-hybridized carbons (Fsp3) is 0.120. The zero-order valence-corrected chi connectivity index (χ0v) is 17.4. The molecule has 0 fully saturated rings. The molecular formula is C25H23N3O3. The molecular weight excluding hydrogens is 390 g/mol. The van der Waals surface area contributed by atoms with Gasteiger partial charge < -0.3 is 20.3 Å². The van der Waals surface area contributed by atoms with Gasteiger partial charge in [-0.1, -0.05) is 36.4 Å². The molecule has 0 radical (unpaired) electrons. The maximum Gasteiger partial charge on any atom is 0.220 e. The zero-order chi connectivity index (χ0) is 21.8. The summed E-state index contributed by atoms with van der Waals surface area (Å²) in [7, 11) is 1.62. The second kappa shape index (κ2) is 8.75. The molecule has 0 atom stereocenters. The molecule has 156 valence electrons. The SMILES string of the molecule is COc1ccc(-c2cnc(N)nc2-c2ccc(OCc3ccccc3C)cc2O)cc1. The van der Waals surface area contributed by atoms with E-state index in [1.54, 1.807) is 25.4 Å². The molecule has 0 aliphatic heterocycles. The Morgan fingerprint density at radius 2 is 1.68 bits per heavy atom. The van der Waals surface area contributed by atoms with Gasteiger partial charge in [-0.15, -0.1) is 0 Å². The standard InChI is InChI=1S/C25H23N3O3/c1-16-5-3-4-6-18(16)15-31-20-11-12-21(23(29)13-20)24-22(14-27-25(26)28-24)17-7-9-19(30-2)10-8-17/h3-14,29H,15H2,1-2H3,(H2,26,27,28). The Balaban J connectivity index is 1.65. The van der Waals surface area contributed by atoms with Gasteiger partial charge in [-0.25, -0.2) is 9.97 Å². The van der Waals surface area contributed by atoms with Gasteiger partial charge in [0, 0.05) is 23.4 Å². The largest absolute Gasteiger partial charge is 0.507 e. The molecule has 0 saturated carbocycles. The van der Waals surface area contributed by atoms with Crippen molar-refractivity contribution in [1.29, 1.82) is 0 Å². The van der Waals surface area contributed by atoms with Gasteiger partial charge in [0.05, 0.1) is 12.8 Å². The summed E-state index contributed by atoms with van der Waals surface area (Å²) in [5.41, 5.74) is 10.8. The van der Waals surface area contributed by atoms with Crippen molar-refractivity contribution in [2.75, 3.05) is 12.8 Å². The van der Waals surface area contributed by atoms with Crippen LogP contribution < -0.4 is 15.2 Å². The Kier molecular flexibility index (Phi) is 5.71. The van der Waals surface area contributed by atoms with E-state index in [4.69, 9.17) is 15.2 Å². The van der Waals surface area contributed by atoms with Crippen molar-refractivity contribution in [2.24, 2.45) is 0 Å². The number of benzene rings is 3. The fourth-order valence-corrected chi connectivity index (χ4v) is 3.32. The lowest BCUT2D eigenvalue weighted by atomic mass is 10.00. The third-order valence-corrected chi connectivity index (χ3v) is 5.09. The van der Waals surface area contributed by atoms with Crippen LogP contribution in [0.5, 0.6) is 17.2 Å². The van der Waals surface area contributed by atoms with Crippen LogP contribution in [0.2, 0.25) is 0 Å². The first-order chi connectivity index (χ1) is 15.0. The lowest BCUT2D eigenvalue weighted by molar-refractivity contribution is 0.303. The Labute approximate surface area is 180 Å². The van der Waals surface area contributed by atoms with Gasteiger partial charge in [-0.3, -0.25) is 0 Å². The Morgan fingerprint density at radius 1 is 0.935 bits per heavy atom. The average molecular weight is 413 g/mol. The van der Waals surface area contributed by atoms with Crippen molar-refractivity contribution in [3.63, 3.8) is 0 Å². The second-order valence-corrected chi connectivity index (χ2v) is 7.11. The summed E-state index contributed by atoms with van der Waals surface area (Å²) in [6.45, 7) is 2.46. The van der Waals surface area contributed by atoms with Crippen LogP contribution in [0.1, 0.15) is 11.1 Å². The highest BCUT2D eigenvalue weighted by molar-refractivity contribution is 5.83. The van der Waals surface area contributed by atoms with Crippen LogP contribution in [0.25, 0.3) is 22.4 Å². The molecule has 6 nitrogen and oxygen atoms in total. The summed E-state index contributed by atoms with van der Waals surface area (Å²) in [5.74, 6) is 1.50. The summed E-state index contributed by atoms with van der Waals surface area (Å²) >= 11 is 0. The molecule has 3 N–H and O–H groups in total. The van der Waals surface area contributed by atoms with Crippen LogP contribution in [-0.2, 0) is 6.61 Å². The highest BCUT2D eigenvalue weighted by Gasteiger charge is 2.15. The Bertz CT molecular complexity index is 1210. The van der Waals surface area contributed by atoms with Gasteiger partial charge in [0.1, 0.15) is 23.9 Å². The van der Waals surface area contributed by atoms with Crippen LogP contribution in [0, 0.1) is 6.92 Å². The summed E-state index contributed by atoms with van der Waals surface area (Å²) in [6.07, 6.45) is 1.65. The molecule has 1 aromatic heterocycles. The van der Waals surface area contributed by atoms with Crippen LogP contribution in [-0.4, -0.2) is 22.2 Å². The van der Waals surface area contributed by atoms with Gasteiger partial charge >= 0.3 is 0 Å². The van der Waals surface area contributed by atoms with Gasteiger partial charge in [0.25, 0.3) is 0 Å². The predicted molar refractivity (Wildman–Crippen MR) is 121 cm³/mol. The Morgan fingerprint density at radius 3 is 2.39 bits per heavy atom. The van der Waals surface area contributed by atoms with Crippen LogP contribution >= 0.6 is 0 Å². The van der Waals surface area contributed by atoms with E-state index in [1.165, 1.54) is 0 Å². The van der Waals surface area contributed by atoms with E-state index in [1.807, 2.05) is 61.5 Å². The Hall–Kier alpha value is -4.06. The third kappa shape index (κ3) is 4.43. The smallest absolute Gasteiger partial charge is 0.220 e. The van der Waals surface area contributed by atoms with Crippen LogP contribution in [0.15, 0.2) is 72.9 Å². The number of nitrogen functional groups attached to an aromatic ring is 1. The number of rotatable bonds is 6. The summed E-state index contributed by atoms with van der Waals surface area (Å²) in [4.78, 5) is 8.52. The summed E-state index contributed by atoms with van der Waals surface area (Å²) in [5, 5.41) is 10.7. The number of phenolic OH excluding ortho intramolecular Hbond substituents is 1. The number of hydrogen-bond acceptors (Lipinski definition) is 6. The highest BCUT2D eigenvalue weighted by Crippen LogP contribution is 2.37. The van der Waals surface area contributed by atoms with Gasteiger partial charge in [0.15, 0.2) is 0 Å². The van der Waals surface area contributed by atoms with Crippen molar-refractivity contribution in [1.82, 2.24) is 9.97 Å². The molecule has 0 aliphatic rings. The van der Waals surface area contributed by atoms with E-state index in [9.17, 15) is 5.11 Å². The van der Waals surface area contributed by atoms with Crippen molar-refractivity contribution in [2.45, 2.75) is 13.5 Å². The molecule has 0 unspecified atom stereocenters. The lowest BCUT2D eigenvalue weighted by Crippen LogP contribution is -2.00. The zero-order valence-electron chi connectivity index (χ0n) is 17.4. The van der Waals surface area contributed by atoms with E-state index in [2.05, 4.69) is 9.97 Å². The van der Waals surface area contributed by atoms with Crippen molar-refractivity contribution in [3.05, 3.63) is 84.1 Å². The van der Waals surface area contributed by atoms with E-state index in [-0.39, 0.29) is 11.7 Å². The molecule has 31 heavy (non-hydrogen) atoms. The number of nitrogens with zero attached hydrogens (tertiary/aromatic N) is 2. The minimum Gasteiger partial charge on any atom is -0.507 e. The number of aryl methyl sites for hydroxylation is 1. The highest BCUT2D eigenvalue weighted by atomic mass is 16.5. The first kappa shape index (κ1) is 20.2. The summed E-state index contributed by atoms with van der Waals surface area (Å²) < 4.78 is 11.1. The molecule has 0 spiro atoms. The van der Waals surface area contributed by atoms with Crippen LogP contribution in [0.4, 0.5) is 5.95 Å². The molecule has 4 rings (SSSR count). The molecule has 0 aliphatic carbocycles. The predicted octanol–water partition coefficient (Wildman–Crippen LogP) is 4.99.